The molecule has 0 fully saturated rings. The highest BCUT2D eigenvalue weighted by atomic mass is 79.9. The molecule has 2 nitrogen and oxygen atoms in total. The molecular weight excluding hydrogens is 240 g/mol. The maximum atomic E-state index is 8.92. The van der Waals surface area contributed by atoms with Gasteiger partial charge >= 0.3 is 0 Å². The predicted octanol–water partition coefficient (Wildman–Crippen LogP) is 2.79. The second kappa shape index (κ2) is 5.58. The summed E-state index contributed by atoms with van der Waals surface area (Å²) >= 11 is 3.35. The van der Waals surface area contributed by atoms with Crippen LogP contribution in [0.1, 0.15) is 11.6 Å². The maximum absolute atomic E-state index is 8.92. The fourth-order valence-electron chi connectivity index (χ4n) is 1.09. The minimum Gasteiger partial charge on any atom is -0.295 e. The minimum atomic E-state index is -0.263. The molecule has 0 spiro atoms. The molecule has 0 saturated heterocycles. The van der Waals surface area contributed by atoms with Crippen molar-refractivity contribution in [3.05, 3.63) is 47.0 Å². The van der Waals surface area contributed by atoms with Gasteiger partial charge in [0.25, 0.3) is 0 Å². The number of nitriles is 1. The third-order valence-electron chi connectivity index (χ3n) is 1.80. The Morgan fingerprint density at radius 2 is 2.14 bits per heavy atom. The summed E-state index contributed by atoms with van der Waals surface area (Å²) in [6.45, 7) is 4.23. The van der Waals surface area contributed by atoms with E-state index < -0.39 is 0 Å². The Labute approximate surface area is 92.4 Å². The molecule has 0 radical (unpaired) electrons. The fourth-order valence-corrected chi connectivity index (χ4v) is 1.36. The predicted molar refractivity (Wildman–Crippen MR) is 60.7 cm³/mol. The summed E-state index contributed by atoms with van der Waals surface area (Å²) < 4.78 is 1.02. The van der Waals surface area contributed by atoms with Crippen molar-refractivity contribution in [3.8, 4) is 6.07 Å². The van der Waals surface area contributed by atoms with Crippen molar-refractivity contribution in [3.63, 3.8) is 0 Å². The van der Waals surface area contributed by atoms with Gasteiger partial charge in [0, 0.05) is 11.0 Å². The smallest absolute Gasteiger partial charge is 0.121 e. The van der Waals surface area contributed by atoms with Gasteiger partial charge in [-0.1, -0.05) is 34.1 Å². The van der Waals surface area contributed by atoms with Crippen molar-refractivity contribution in [2.24, 2.45) is 0 Å². The van der Waals surface area contributed by atoms with E-state index in [1.807, 2.05) is 24.3 Å². The third-order valence-corrected chi connectivity index (χ3v) is 2.33. The van der Waals surface area contributed by atoms with Gasteiger partial charge in [-0.15, -0.1) is 6.58 Å². The van der Waals surface area contributed by atoms with E-state index in [4.69, 9.17) is 5.26 Å². The summed E-state index contributed by atoms with van der Waals surface area (Å²) in [5, 5.41) is 12.0. The van der Waals surface area contributed by atoms with Crippen LogP contribution in [0.5, 0.6) is 0 Å². The number of benzene rings is 1. The van der Waals surface area contributed by atoms with Crippen molar-refractivity contribution >= 4 is 15.9 Å². The third kappa shape index (κ3) is 2.99. The molecule has 1 aromatic carbocycles. The summed E-state index contributed by atoms with van der Waals surface area (Å²) in [6, 6.07) is 9.64. The van der Waals surface area contributed by atoms with Crippen molar-refractivity contribution < 1.29 is 0 Å². The quantitative estimate of drug-likeness (QED) is 0.835. The molecule has 14 heavy (non-hydrogen) atoms. The van der Waals surface area contributed by atoms with Crippen LogP contribution in [-0.2, 0) is 0 Å². The number of hydrogen-bond acceptors (Lipinski definition) is 2. The van der Waals surface area contributed by atoms with Crippen molar-refractivity contribution in [1.29, 1.82) is 5.26 Å². The Kier molecular flexibility index (Phi) is 4.37. The molecule has 0 aliphatic rings. The first-order chi connectivity index (χ1) is 6.77. The average molecular weight is 251 g/mol. The monoisotopic (exact) mass is 250 g/mol. The summed E-state index contributed by atoms with van der Waals surface area (Å²) in [7, 11) is 0. The average Bonchev–Trinajstić information content (AvgIpc) is 2.21. The minimum absolute atomic E-state index is 0.263. The lowest BCUT2D eigenvalue weighted by Gasteiger charge is -2.09. The van der Waals surface area contributed by atoms with Crippen LogP contribution in [0.15, 0.2) is 41.4 Å². The Hall–Kier alpha value is -1.11. The molecule has 1 aromatic rings. The molecule has 0 aliphatic heterocycles. The highest BCUT2D eigenvalue weighted by Gasteiger charge is 2.07. The van der Waals surface area contributed by atoms with Crippen molar-refractivity contribution in [2.45, 2.75) is 6.04 Å². The van der Waals surface area contributed by atoms with Gasteiger partial charge in [-0.25, -0.2) is 0 Å². The van der Waals surface area contributed by atoms with E-state index in [0.717, 1.165) is 10.0 Å². The van der Waals surface area contributed by atoms with E-state index in [2.05, 4.69) is 33.9 Å². The molecule has 1 atom stereocenters. The van der Waals surface area contributed by atoms with E-state index >= 15 is 0 Å². The van der Waals surface area contributed by atoms with Gasteiger partial charge in [0.05, 0.1) is 6.07 Å². The van der Waals surface area contributed by atoms with Gasteiger partial charge in [0.15, 0.2) is 0 Å². The first-order valence-electron chi connectivity index (χ1n) is 4.27. The lowest BCUT2D eigenvalue weighted by molar-refractivity contribution is 0.683. The molecule has 1 unspecified atom stereocenters. The summed E-state index contributed by atoms with van der Waals surface area (Å²) in [4.78, 5) is 0. The number of rotatable bonds is 4. The van der Waals surface area contributed by atoms with Crippen LogP contribution in [0.3, 0.4) is 0 Å². The highest BCUT2D eigenvalue weighted by molar-refractivity contribution is 9.10. The zero-order valence-corrected chi connectivity index (χ0v) is 9.29. The van der Waals surface area contributed by atoms with Crippen LogP contribution in [0.2, 0.25) is 0 Å². The Balaban J connectivity index is 2.74. The Morgan fingerprint density at radius 3 is 2.64 bits per heavy atom. The SMILES string of the molecule is C=CCNC(C#N)c1ccc(Br)cc1. The first kappa shape index (κ1) is 11.0. The zero-order chi connectivity index (χ0) is 10.4. The van der Waals surface area contributed by atoms with Gasteiger partial charge in [0.2, 0.25) is 0 Å². The normalized spacial score (nSPS) is 11.7. The molecule has 3 heteroatoms. The standard InChI is InChI=1S/C11H11BrN2/c1-2-7-14-11(8-13)9-3-5-10(12)6-4-9/h2-6,11,14H,1,7H2. The van der Waals surface area contributed by atoms with E-state index in [-0.39, 0.29) is 6.04 Å². The number of nitrogens with one attached hydrogen (secondary N) is 1. The van der Waals surface area contributed by atoms with Gasteiger partial charge in [-0.05, 0) is 17.7 Å². The van der Waals surface area contributed by atoms with Crippen LogP contribution in [0, 0.1) is 11.3 Å². The van der Waals surface area contributed by atoms with Crippen molar-refractivity contribution in [1.82, 2.24) is 5.32 Å². The first-order valence-corrected chi connectivity index (χ1v) is 5.06. The summed E-state index contributed by atoms with van der Waals surface area (Å²) in [5.74, 6) is 0. The van der Waals surface area contributed by atoms with E-state index in [9.17, 15) is 0 Å². The maximum Gasteiger partial charge on any atom is 0.121 e. The number of halogens is 1. The molecule has 1 N–H and O–H groups in total. The second-order valence-corrected chi connectivity index (χ2v) is 3.73. The summed E-state index contributed by atoms with van der Waals surface area (Å²) in [5.41, 5.74) is 0.970. The largest absolute Gasteiger partial charge is 0.295 e. The van der Waals surface area contributed by atoms with Crippen molar-refractivity contribution in [2.75, 3.05) is 6.54 Å². The molecule has 0 amide bonds. The molecule has 0 bridgehead atoms. The van der Waals surface area contributed by atoms with Gasteiger partial charge in [-0.3, -0.25) is 5.32 Å². The topological polar surface area (TPSA) is 35.8 Å². The molecule has 1 rings (SSSR count). The van der Waals surface area contributed by atoms with E-state index in [1.165, 1.54) is 0 Å². The van der Waals surface area contributed by atoms with Gasteiger partial charge in [0.1, 0.15) is 6.04 Å². The molecule has 72 valence electrons. The molecule has 0 saturated carbocycles. The molecule has 0 aromatic heterocycles. The summed E-state index contributed by atoms with van der Waals surface area (Å²) in [6.07, 6.45) is 1.74. The second-order valence-electron chi connectivity index (χ2n) is 2.81. The van der Waals surface area contributed by atoms with Gasteiger partial charge in [-0.2, -0.15) is 5.26 Å². The van der Waals surface area contributed by atoms with Crippen LogP contribution in [-0.4, -0.2) is 6.54 Å². The van der Waals surface area contributed by atoms with Crippen LogP contribution in [0.4, 0.5) is 0 Å². The van der Waals surface area contributed by atoms with Crippen LogP contribution < -0.4 is 5.32 Å². The van der Waals surface area contributed by atoms with Crippen LogP contribution in [0.25, 0.3) is 0 Å². The zero-order valence-electron chi connectivity index (χ0n) is 7.70. The molecule has 0 heterocycles. The lowest BCUT2D eigenvalue weighted by Crippen LogP contribution is -2.19. The highest BCUT2D eigenvalue weighted by Crippen LogP contribution is 2.16. The Bertz CT molecular complexity index is 337. The van der Waals surface area contributed by atoms with Gasteiger partial charge < -0.3 is 0 Å². The lowest BCUT2D eigenvalue weighted by atomic mass is 10.1. The fraction of sp³-hybridized carbons (Fsp3) is 0.182. The van der Waals surface area contributed by atoms with Crippen LogP contribution >= 0.6 is 15.9 Å². The van der Waals surface area contributed by atoms with E-state index in [0.29, 0.717) is 6.54 Å². The Morgan fingerprint density at radius 1 is 1.50 bits per heavy atom. The molecule has 0 aliphatic carbocycles. The number of hydrogen-bond donors (Lipinski definition) is 1. The number of nitrogens with zero attached hydrogens (tertiary/aromatic N) is 1. The van der Waals surface area contributed by atoms with E-state index in [1.54, 1.807) is 6.08 Å². The molecular formula is C11H11BrN2.